The SMILES string of the molecule is Cc1cc(C(=O)NCCCC(C)C(=O)O)n[nH]1. The van der Waals surface area contributed by atoms with E-state index in [1.54, 1.807) is 13.0 Å². The molecule has 0 aromatic carbocycles. The predicted molar refractivity (Wildman–Crippen MR) is 61.7 cm³/mol. The van der Waals surface area contributed by atoms with E-state index in [1.807, 2.05) is 6.92 Å². The van der Waals surface area contributed by atoms with Gasteiger partial charge in [-0.05, 0) is 25.8 Å². The minimum absolute atomic E-state index is 0.239. The lowest BCUT2D eigenvalue weighted by molar-refractivity contribution is -0.141. The van der Waals surface area contributed by atoms with E-state index < -0.39 is 5.97 Å². The highest BCUT2D eigenvalue weighted by molar-refractivity contribution is 5.92. The molecule has 0 aliphatic rings. The molecule has 0 radical (unpaired) electrons. The second-order valence-corrected chi connectivity index (χ2v) is 4.07. The van der Waals surface area contributed by atoms with E-state index >= 15 is 0 Å². The zero-order chi connectivity index (χ0) is 12.8. The van der Waals surface area contributed by atoms with Crippen molar-refractivity contribution < 1.29 is 14.7 Å². The zero-order valence-electron chi connectivity index (χ0n) is 9.99. The summed E-state index contributed by atoms with van der Waals surface area (Å²) in [6.07, 6.45) is 1.19. The summed E-state index contributed by atoms with van der Waals surface area (Å²) in [4.78, 5) is 22.1. The Hall–Kier alpha value is -1.85. The quantitative estimate of drug-likeness (QED) is 0.644. The fourth-order valence-electron chi connectivity index (χ4n) is 1.36. The monoisotopic (exact) mass is 239 g/mol. The Morgan fingerprint density at radius 3 is 2.82 bits per heavy atom. The molecule has 0 bridgehead atoms. The Morgan fingerprint density at radius 1 is 1.59 bits per heavy atom. The molecule has 1 atom stereocenters. The van der Waals surface area contributed by atoms with Crippen molar-refractivity contribution in [3.05, 3.63) is 17.5 Å². The van der Waals surface area contributed by atoms with Crippen LogP contribution < -0.4 is 5.32 Å². The maximum absolute atomic E-state index is 11.5. The number of nitrogens with one attached hydrogen (secondary N) is 2. The van der Waals surface area contributed by atoms with Crippen LogP contribution in [0, 0.1) is 12.8 Å². The fourth-order valence-corrected chi connectivity index (χ4v) is 1.36. The molecule has 0 saturated heterocycles. The summed E-state index contributed by atoms with van der Waals surface area (Å²) in [5.74, 6) is -1.42. The molecule has 1 unspecified atom stereocenters. The van der Waals surface area contributed by atoms with Crippen molar-refractivity contribution in [2.24, 2.45) is 5.92 Å². The number of carboxylic acid groups (broad SMARTS) is 1. The van der Waals surface area contributed by atoms with Crippen LogP contribution in [-0.4, -0.2) is 33.7 Å². The Bertz CT molecular complexity index is 400. The standard InChI is InChI=1S/C11H17N3O3/c1-7(11(16)17)4-3-5-12-10(15)9-6-8(2)13-14-9/h6-7H,3-5H2,1-2H3,(H,12,15)(H,13,14)(H,16,17). The van der Waals surface area contributed by atoms with Crippen LogP contribution in [-0.2, 0) is 4.79 Å². The number of H-pyrrole nitrogens is 1. The zero-order valence-corrected chi connectivity index (χ0v) is 9.99. The highest BCUT2D eigenvalue weighted by Gasteiger charge is 2.11. The van der Waals surface area contributed by atoms with Crippen molar-refractivity contribution in [1.29, 1.82) is 0 Å². The normalized spacial score (nSPS) is 12.1. The van der Waals surface area contributed by atoms with Crippen molar-refractivity contribution >= 4 is 11.9 Å². The molecule has 17 heavy (non-hydrogen) atoms. The van der Waals surface area contributed by atoms with E-state index in [1.165, 1.54) is 0 Å². The number of carboxylic acids is 1. The number of carbonyl (C=O) groups excluding carboxylic acids is 1. The van der Waals surface area contributed by atoms with E-state index in [0.29, 0.717) is 25.1 Å². The van der Waals surface area contributed by atoms with Gasteiger partial charge in [0.2, 0.25) is 0 Å². The minimum atomic E-state index is -0.806. The van der Waals surface area contributed by atoms with Gasteiger partial charge < -0.3 is 10.4 Å². The second kappa shape index (κ2) is 6.03. The summed E-state index contributed by atoms with van der Waals surface area (Å²) >= 11 is 0. The van der Waals surface area contributed by atoms with Gasteiger partial charge in [-0.25, -0.2) is 0 Å². The smallest absolute Gasteiger partial charge is 0.306 e. The molecule has 0 aliphatic heterocycles. The molecule has 3 N–H and O–H groups in total. The third-order valence-corrected chi connectivity index (χ3v) is 2.46. The van der Waals surface area contributed by atoms with E-state index in [-0.39, 0.29) is 11.8 Å². The first-order chi connectivity index (χ1) is 8.00. The van der Waals surface area contributed by atoms with Crippen LogP contribution in [0.15, 0.2) is 6.07 Å². The van der Waals surface area contributed by atoms with Gasteiger partial charge in [0.1, 0.15) is 5.69 Å². The number of carbonyl (C=O) groups is 2. The fraction of sp³-hybridized carbons (Fsp3) is 0.545. The third kappa shape index (κ3) is 4.26. The van der Waals surface area contributed by atoms with E-state index in [9.17, 15) is 9.59 Å². The van der Waals surface area contributed by atoms with Crippen molar-refractivity contribution in [2.75, 3.05) is 6.54 Å². The highest BCUT2D eigenvalue weighted by atomic mass is 16.4. The van der Waals surface area contributed by atoms with Gasteiger partial charge in [-0.15, -0.1) is 0 Å². The summed E-state index contributed by atoms with van der Waals surface area (Å²) in [6.45, 7) is 3.93. The predicted octanol–water partition coefficient (Wildman–Crippen LogP) is 0.949. The lowest BCUT2D eigenvalue weighted by Gasteiger charge is -2.06. The number of aryl methyl sites for hydroxylation is 1. The number of rotatable bonds is 6. The van der Waals surface area contributed by atoms with E-state index in [2.05, 4.69) is 15.5 Å². The molecular weight excluding hydrogens is 222 g/mol. The maximum atomic E-state index is 11.5. The largest absolute Gasteiger partial charge is 0.481 e. The highest BCUT2D eigenvalue weighted by Crippen LogP contribution is 2.04. The number of hydrogen-bond donors (Lipinski definition) is 3. The molecule has 1 rings (SSSR count). The molecular formula is C11H17N3O3. The van der Waals surface area contributed by atoms with Crippen molar-refractivity contribution in [1.82, 2.24) is 15.5 Å². The van der Waals surface area contributed by atoms with Gasteiger partial charge in [-0.3, -0.25) is 14.7 Å². The number of hydrogen-bond acceptors (Lipinski definition) is 3. The Morgan fingerprint density at radius 2 is 2.29 bits per heavy atom. The van der Waals surface area contributed by atoms with Gasteiger partial charge in [-0.1, -0.05) is 6.92 Å². The molecule has 1 heterocycles. The molecule has 94 valence electrons. The summed E-state index contributed by atoms with van der Waals surface area (Å²) < 4.78 is 0. The van der Waals surface area contributed by atoms with Crippen LogP contribution in [0.2, 0.25) is 0 Å². The van der Waals surface area contributed by atoms with E-state index in [4.69, 9.17) is 5.11 Å². The first kappa shape index (κ1) is 13.2. The van der Waals surface area contributed by atoms with Crippen LogP contribution in [0.25, 0.3) is 0 Å². The van der Waals surface area contributed by atoms with Crippen LogP contribution >= 0.6 is 0 Å². The number of aromatic amines is 1. The van der Waals surface area contributed by atoms with Crippen LogP contribution in [0.3, 0.4) is 0 Å². The first-order valence-corrected chi connectivity index (χ1v) is 5.53. The average molecular weight is 239 g/mol. The van der Waals surface area contributed by atoms with Crippen LogP contribution in [0.5, 0.6) is 0 Å². The van der Waals surface area contributed by atoms with Crippen molar-refractivity contribution in [3.63, 3.8) is 0 Å². The average Bonchev–Trinajstić information content (AvgIpc) is 2.70. The minimum Gasteiger partial charge on any atom is -0.481 e. The van der Waals surface area contributed by atoms with Crippen LogP contribution in [0.4, 0.5) is 0 Å². The molecule has 0 aliphatic carbocycles. The molecule has 1 amide bonds. The molecule has 0 fully saturated rings. The summed E-state index contributed by atoms with van der Waals surface area (Å²) in [5.41, 5.74) is 1.18. The van der Waals surface area contributed by atoms with Crippen LogP contribution in [0.1, 0.15) is 35.9 Å². The molecule has 1 aromatic heterocycles. The van der Waals surface area contributed by atoms with Gasteiger partial charge in [0, 0.05) is 12.2 Å². The number of aromatic nitrogens is 2. The first-order valence-electron chi connectivity index (χ1n) is 5.53. The van der Waals surface area contributed by atoms with Gasteiger partial charge in [-0.2, -0.15) is 5.10 Å². The topological polar surface area (TPSA) is 95.1 Å². The van der Waals surface area contributed by atoms with E-state index in [0.717, 1.165) is 5.69 Å². The molecule has 0 saturated carbocycles. The Labute approximate surface area is 99.4 Å². The lowest BCUT2D eigenvalue weighted by Crippen LogP contribution is -2.25. The van der Waals surface area contributed by atoms with Crippen molar-refractivity contribution in [2.45, 2.75) is 26.7 Å². The summed E-state index contributed by atoms with van der Waals surface area (Å²) in [6, 6.07) is 1.66. The summed E-state index contributed by atoms with van der Waals surface area (Å²) in [5, 5.41) is 17.9. The molecule has 6 heteroatoms. The number of nitrogens with zero attached hydrogens (tertiary/aromatic N) is 1. The molecule has 6 nitrogen and oxygen atoms in total. The number of amides is 1. The summed E-state index contributed by atoms with van der Waals surface area (Å²) in [7, 11) is 0. The maximum Gasteiger partial charge on any atom is 0.306 e. The third-order valence-electron chi connectivity index (χ3n) is 2.46. The van der Waals surface area contributed by atoms with Crippen molar-refractivity contribution in [3.8, 4) is 0 Å². The molecule has 1 aromatic rings. The Kier molecular flexibility index (Phi) is 4.68. The van der Waals surface area contributed by atoms with Gasteiger partial charge in [0.15, 0.2) is 0 Å². The number of aliphatic carboxylic acids is 1. The van der Waals surface area contributed by atoms with Gasteiger partial charge in [0.05, 0.1) is 5.92 Å². The Balaban J connectivity index is 2.23. The van der Waals surface area contributed by atoms with Gasteiger partial charge in [0.25, 0.3) is 5.91 Å². The molecule has 0 spiro atoms. The van der Waals surface area contributed by atoms with Gasteiger partial charge >= 0.3 is 5.97 Å². The lowest BCUT2D eigenvalue weighted by atomic mass is 10.1. The second-order valence-electron chi connectivity index (χ2n) is 4.07.